The third-order valence-corrected chi connectivity index (χ3v) is 5.95. The van der Waals surface area contributed by atoms with E-state index in [9.17, 15) is 12.8 Å². The van der Waals surface area contributed by atoms with Gasteiger partial charge in [-0.25, -0.2) is 12.8 Å². The van der Waals surface area contributed by atoms with E-state index in [-0.39, 0.29) is 15.6 Å². The van der Waals surface area contributed by atoms with Crippen LogP contribution in [0.2, 0.25) is 5.02 Å². The zero-order valence-electron chi connectivity index (χ0n) is 16.9. The maximum atomic E-state index is 13.2. The van der Waals surface area contributed by atoms with Crippen LogP contribution in [-0.2, 0) is 16.4 Å². The largest absolute Gasteiger partial charge is 0.496 e. The SMILES string of the molecule is CNC(C)C.COc1ccc(S(=O)(=O)Nc2ccc(F)c(Cl)c2)c2c1CCCO2. The predicted octanol–water partition coefficient (Wildman–Crippen LogP) is 4.23. The second kappa shape index (κ2) is 10.1. The summed E-state index contributed by atoms with van der Waals surface area (Å²) >= 11 is 5.69. The summed E-state index contributed by atoms with van der Waals surface area (Å²) in [5.74, 6) is 0.263. The van der Waals surface area contributed by atoms with Crippen molar-refractivity contribution in [3.63, 3.8) is 0 Å². The molecule has 0 atom stereocenters. The Bertz CT molecular complexity index is 952. The average molecular weight is 445 g/mol. The Hall–Kier alpha value is -2.03. The number of sulfonamides is 1. The van der Waals surface area contributed by atoms with E-state index in [0.717, 1.165) is 18.1 Å². The molecule has 29 heavy (non-hydrogen) atoms. The standard InChI is InChI=1S/C16H15ClFNO4S.C4H11N/c1-22-14-6-7-15(16-11(14)3-2-8-23-16)24(20,21)19-10-4-5-13(18)12(17)9-10;1-4(2)5-3/h4-7,9,19H,2-3,8H2,1H3;4-5H,1-3H3. The van der Waals surface area contributed by atoms with Gasteiger partial charge < -0.3 is 14.8 Å². The van der Waals surface area contributed by atoms with Crippen LogP contribution >= 0.6 is 11.6 Å². The first-order valence-corrected chi connectivity index (χ1v) is 11.0. The van der Waals surface area contributed by atoms with Crippen LogP contribution in [0.3, 0.4) is 0 Å². The van der Waals surface area contributed by atoms with Gasteiger partial charge in [-0.1, -0.05) is 25.4 Å². The van der Waals surface area contributed by atoms with E-state index in [2.05, 4.69) is 23.9 Å². The average Bonchev–Trinajstić information content (AvgIpc) is 2.70. The molecular weight excluding hydrogens is 419 g/mol. The first-order valence-electron chi connectivity index (χ1n) is 9.17. The van der Waals surface area contributed by atoms with E-state index in [1.165, 1.54) is 25.3 Å². The number of methoxy groups -OCH3 is 1. The van der Waals surface area contributed by atoms with Gasteiger partial charge >= 0.3 is 0 Å². The van der Waals surface area contributed by atoms with Crippen molar-refractivity contribution < 1.29 is 22.3 Å². The van der Waals surface area contributed by atoms with Crippen LogP contribution in [0.15, 0.2) is 35.2 Å². The highest BCUT2D eigenvalue weighted by molar-refractivity contribution is 7.92. The number of hydrogen-bond donors (Lipinski definition) is 2. The van der Waals surface area contributed by atoms with E-state index in [1.54, 1.807) is 6.07 Å². The monoisotopic (exact) mass is 444 g/mol. The summed E-state index contributed by atoms with van der Waals surface area (Å²) in [5, 5.41) is 2.86. The summed E-state index contributed by atoms with van der Waals surface area (Å²) in [6.07, 6.45) is 1.46. The number of halogens is 2. The van der Waals surface area contributed by atoms with E-state index < -0.39 is 15.8 Å². The molecule has 0 spiro atoms. The number of anilines is 1. The fraction of sp³-hybridized carbons (Fsp3) is 0.400. The molecule has 0 aromatic heterocycles. The third-order valence-electron chi connectivity index (χ3n) is 4.26. The Kier molecular flexibility index (Phi) is 8.13. The van der Waals surface area contributed by atoms with Crippen molar-refractivity contribution in [1.82, 2.24) is 5.32 Å². The Balaban J connectivity index is 0.000000537. The van der Waals surface area contributed by atoms with Crippen LogP contribution < -0.4 is 19.5 Å². The van der Waals surface area contributed by atoms with E-state index in [0.29, 0.717) is 30.6 Å². The van der Waals surface area contributed by atoms with Gasteiger partial charge in [0.15, 0.2) is 0 Å². The topological polar surface area (TPSA) is 76.7 Å². The summed E-state index contributed by atoms with van der Waals surface area (Å²) < 4.78 is 51.9. The zero-order chi connectivity index (χ0) is 21.6. The Labute approximate surface area is 176 Å². The number of fused-ring (bicyclic) bond motifs is 1. The number of ether oxygens (including phenoxy) is 2. The molecule has 2 aromatic rings. The Morgan fingerprint density at radius 3 is 2.52 bits per heavy atom. The van der Waals surface area contributed by atoms with Crippen LogP contribution in [0.1, 0.15) is 25.8 Å². The second-order valence-corrected chi connectivity index (χ2v) is 8.76. The van der Waals surface area contributed by atoms with Crippen LogP contribution in [0.4, 0.5) is 10.1 Å². The van der Waals surface area contributed by atoms with E-state index in [4.69, 9.17) is 21.1 Å². The minimum absolute atomic E-state index is 0.0125. The molecule has 2 aromatic carbocycles. The van der Waals surface area contributed by atoms with Gasteiger partial charge in [0.1, 0.15) is 22.2 Å². The predicted molar refractivity (Wildman–Crippen MR) is 113 cm³/mol. The lowest BCUT2D eigenvalue weighted by atomic mass is 10.1. The highest BCUT2D eigenvalue weighted by atomic mass is 35.5. The van der Waals surface area contributed by atoms with Crippen molar-refractivity contribution >= 4 is 27.3 Å². The van der Waals surface area contributed by atoms with Crippen molar-refractivity contribution in [2.75, 3.05) is 25.5 Å². The molecule has 6 nitrogen and oxygen atoms in total. The van der Waals surface area contributed by atoms with E-state index >= 15 is 0 Å². The maximum absolute atomic E-state index is 13.2. The fourth-order valence-corrected chi connectivity index (χ4v) is 3.98. The minimum atomic E-state index is -3.92. The van der Waals surface area contributed by atoms with Gasteiger partial charge in [-0.05, 0) is 50.2 Å². The van der Waals surface area contributed by atoms with Crippen LogP contribution in [-0.4, -0.2) is 35.2 Å². The summed E-state index contributed by atoms with van der Waals surface area (Å²) in [6.45, 7) is 4.66. The van der Waals surface area contributed by atoms with Gasteiger partial charge in [-0.15, -0.1) is 0 Å². The number of hydrogen-bond acceptors (Lipinski definition) is 5. The van der Waals surface area contributed by atoms with Gasteiger partial charge in [0.25, 0.3) is 10.0 Å². The number of nitrogens with one attached hydrogen (secondary N) is 2. The molecule has 0 radical (unpaired) electrons. The fourth-order valence-electron chi connectivity index (χ4n) is 2.58. The van der Waals surface area contributed by atoms with Crippen molar-refractivity contribution in [1.29, 1.82) is 0 Å². The normalized spacial score (nSPS) is 13.1. The zero-order valence-corrected chi connectivity index (χ0v) is 18.5. The molecule has 1 aliphatic heterocycles. The highest BCUT2D eigenvalue weighted by Crippen LogP contribution is 2.39. The number of benzene rings is 2. The van der Waals surface area contributed by atoms with Crippen molar-refractivity contribution in [2.45, 2.75) is 37.6 Å². The molecule has 1 aliphatic rings. The lowest BCUT2D eigenvalue weighted by molar-refractivity contribution is 0.274. The lowest BCUT2D eigenvalue weighted by Gasteiger charge is -2.22. The summed E-state index contributed by atoms with van der Waals surface area (Å²) in [4.78, 5) is 0.0125. The Morgan fingerprint density at radius 1 is 1.24 bits per heavy atom. The molecular formula is C20H26ClFN2O4S. The molecule has 9 heteroatoms. The second-order valence-electron chi connectivity index (χ2n) is 6.70. The summed E-state index contributed by atoms with van der Waals surface area (Å²) in [5.41, 5.74) is 0.894. The number of rotatable bonds is 5. The van der Waals surface area contributed by atoms with Gasteiger partial charge in [0.05, 0.1) is 24.4 Å². The van der Waals surface area contributed by atoms with Crippen LogP contribution in [0.5, 0.6) is 11.5 Å². The maximum Gasteiger partial charge on any atom is 0.265 e. The molecule has 2 N–H and O–H groups in total. The molecule has 0 aliphatic carbocycles. The van der Waals surface area contributed by atoms with Crippen LogP contribution in [0, 0.1) is 5.82 Å². The van der Waals surface area contributed by atoms with Gasteiger partial charge in [-0.2, -0.15) is 0 Å². The molecule has 0 unspecified atom stereocenters. The first kappa shape index (κ1) is 23.3. The molecule has 1 heterocycles. The molecule has 160 valence electrons. The summed E-state index contributed by atoms with van der Waals surface area (Å²) in [7, 11) is -0.447. The molecule has 0 amide bonds. The minimum Gasteiger partial charge on any atom is -0.496 e. The molecule has 0 saturated heterocycles. The van der Waals surface area contributed by atoms with Gasteiger partial charge in [0, 0.05) is 11.6 Å². The van der Waals surface area contributed by atoms with Gasteiger partial charge in [-0.3, -0.25) is 4.72 Å². The van der Waals surface area contributed by atoms with Crippen molar-refractivity contribution in [3.05, 3.63) is 46.7 Å². The lowest BCUT2D eigenvalue weighted by Crippen LogP contribution is -2.18. The quantitative estimate of drug-likeness (QED) is 0.721. The summed E-state index contributed by atoms with van der Waals surface area (Å²) in [6, 6.07) is 7.27. The molecule has 3 rings (SSSR count). The van der Waals surface area contributed by atoms with Crippen LogP contribution in [0.25, 0.3) is 0 Å². The third kappa shape index (κ3) is 5.98. The molecule has 0 bridgehead atoms. The Morgan fingerprint density at radius 2 is 1.93 bits per heavy atom. The molecule has 0 saturated carbocycles. The van der Waals surface area contributed by atoms with Crippen molar-refractivity contribution in [2.24, 2.45) is 0 Å². The van der Waals surface area contributed by atoms with E-state index in [1.807, 2.05) is 7.05 Å². The van der Waals surface area contributed by atoms with Gasteiger partial charge in [0.2, 0.25) is 0 Å². The molecule has 0 fully saturated rings. The highest BCUT2D eigenvalue weighted by Gasteiger charge is 2.27. The first-order chi connectivity index (χ1) is 13.7. The van der Waals surface area contributed by atoms with Crippen molar-refractivity contribution in [3.8, 4) is 11.5 Å². The smallest absolute Gasteiger partial charge is 0.265 e.